The smallest absolute Gasteiger partial charge is 0.203 e. The maximum atomic E-state index is 8.00. The van der Waals surface area contributed by atoms with Gasteiger partial charge in [-0.1, -0.05) is 18.3 Å². The van der Waals surface area contributed by atoms with Gasteiger partial charge in [0.15, 0.2) is 0 Å². The fraction of sp³-hybridized carbons (Fsp3) is 0.400. The highest BCUT2D eigenvalue weighted by Gasteiger charge is 1.94. The molecule has 1 heterocycles. The van der Waals surface area contributed by atoms with Gasteiger partial charge in [0.25, 0.3) is 0 Å². The Morgan fingerprint density at radius 1 is 1.60 bits per heavy atom. The fourth-order valence-corrected chi connectivity index (χ4v) is 0.959. The van der Waals surface area contributed by atoms with E-state index in [1.807, 2.05) is 13.7 Å². The van der Waals surface area contributed by atoms with Gasteiger partial charge in [-0.2, -0.15) is 0 Å². The minimum atomic E-state index is 0.557. The van der Waals surface area contributed by atoms with Gasteiger partial charge >= 0.3 is 0 Å². The molecule has 2 N–H and O–H groups in total. The lowest BCUT2D eigenvalue weighted by molar-refractivity contribution is -0.0979. The molecule has 0 saturated carbocycles. The van der Waals surface area contributed by atoms with Crippen LogP contribution in [0.2, 0.25) is 0 Å². The molecule has 4 nitrogen and oxygen atoms in total. The molecule has 0 aliphatic carbocycles. The quantitative estimate of drug-likeness (QED) is 0.647. The predicted octanol–water partition coefficient (Wildman–Crippen LogP) is 0.498. The van der Waals surface area contributed by atoms with E-state index in [1.165, 1.54) is 11.3 Å². The van der Waals surface area contributed by atoms with E-state index in [4.69, 9.17) is 10.5 Å². The average molecular weight is 159 g/mol. The van der Waals surface area contributed by atoms with Gasteiger partial charge in [-0.05, 0) is 6.42 Å². The zero-order chi connectivity index (χ0) is 7.98. The van der Waals surface area contributed by atoms with Crippen molar-refractivity contribution in [1.82, 2.24) is 10.2 Å². The summed E-state index contributed by atoms with van der Waals surface area (Å²) in [7, 11) is 0. The third-order valence-corrected chi connectivity index (χ3v) is 1.68. The second-order valence-electron chi connectivity index (χ2n) is 1.39. The lowest BCUT2D eigenvalue weighted by Crippen LogP contribution is -1.80. The van der Waals surface area contributed by atoms with Gasteiger partial charge in [0, 0.05) is 0 Å². The van der Waals surface area contributed by atoms with E-state index in [9.17, 15) is 0 Å². The van der Waals surface area contributed by atoms with Crippen LogP contribution in [0.1, 0.15) is 11.9 Å². The molecule has 5 heteroatoms. The SMILES string of the molecule is C=O.CCc1nnc(N)s1. The number of anilines is 1. The molecular weight excluding hydrogens is 150 g/mol. The van der Waals surface area contributed by atoms with Crippen LogP contribution in [-0.4, -0.2) is 17.0 Å². The van der Waals surface area contributed by atoms with Crippen molar-refractivity contribution >= 4 is 23.3 Å². The van der Waals surface area contributed by atoms with E-state index in [0.29, 0.717) is 5.13 Å². The van der Waals surface area contributed by atoms with Crippen LogP contribution in [-0.2, 0) is 11.2 Å². The first-order chi connectivity index (χ1) is 4.83. The zero-order valence-corrected chi connectivity index (χ0v) is 6.52. The number of rotatable bonds is 1. The Labute approximate surface area is 63.1 Å². The number of nitrogens with zero attached hydrogens (tertiary/aromatic N) is 2. The van der Waals surface area contributed by atoms with Crippen LogP contribution < -0.4 is 5.73 Å². The highest BCUT2D eigenvalue weighted by atomic mass is 32.1. The molecule has 0 aromatic carbocycles. The first kappa shape index (κ1) is 9.03. The summed E-state index contributed by atoms with van der Waals surface area (Å²) >= 11 is 1.44. The first-order valence-corrected chi connectivity index (χ1v) is 3.51. The maximum absolute atomic E-state index is 8.00. The third-order valence-electron chi connectivity index (χ3n) is 0.785. The topological polar surface area (TPSA) is 68.9 Å². The zero-order valence-electron chi connectivity index (χ0n) is 5.70. The number of carbonyl (C=O) groups excluding carboxylic acids is 1. The van der Waals surface area contributed by atoms with Crippen molar-refractivity contribution in [2.45, 2.75) is 13.3 Å². The van der Waals surface area contributed by atoms with E-state index >= 15 is 0 Å². The molecule has 1 aromatic rings. The predicted molar refractivity (Wildman–Crippen MR) is 40.8 cm³/mol. The van der Waals surface area contributed by atoms with Crippen molar-refractivity contribution in [2.75, 3.05) is 5.73 Å². The first-order valence-electron chi connectivity index (χ1n) is 2.69. The molecule has 0 aliphatic heterocycles. The lowest BCUT2D eigenvalue weighted by Gasteiger charge is -1.75. The van der Waals surface area contributed by atoms with E-state index in [0.717, 1.165) is 11.4 Å². The molecule has 0 fully saturated rings. The minimum absolute atomic E-state index is 0.557. The summed E-state index contributed by atoms with van der Waals surface area (Å²) in [6.07, 6.45) is 0.925. The van der Waals surface area contributed by atoms with Crippen LogP contribution >= 0.6 is 11.3 Å². The van der Waals surface area contributed by atoms with Crippen LogP contribution in [0.5, 0.6) is 0 Å². The largest absolute Gasteiger partial charge is 0.374 e. The highest BCUT2D eigenvalue weighted by molar-refractivity contribution is 7.15. The molecule has 0 radical (unpaired) electrons. The van der Waals surface area contributed by atoms with Crippen LogP contribution in [0.3, 0.4) is 0 Å². The Balaban J connectivity index is 0.000000371. The van der Waals surface area contributed by atoms with Crippen LogP contribution in [0.4, 0.5) is 5.13 Å². The number of nitrogens with two attached hydrogens (primary N) is 1. The molecule has 0 amide bonds. The summed E-state index contributed by atoms with van der Waals surface area (Å²) in [5.41, 5.74) is 5.30. The number of aryl methyl sites for hydroxylation is 1. The Bertz CT molecular complexity index is 189. The third kappa shape index (κ3) is 2.54. The fourth-order valence-electron chi connectivity index (χ4n) is 0.409. The number of nitrogen functional groups attached to an aromatic ring is 1. The van der Waals surface area contributed by atoms with E-state index in [-0.39, 0.29) is 0 Å². The summed E-state index contributed by atoms with van der Waals surface area (Å²) in [5.74, 6) is 0. The van der Waals surface area contributed by atoms with Gasteiger partial charge in [-0.25, -0.2) is 0 Å². The summed E-state index contributed by atoms with van der Waals surface area (Å²) in [6, 6.07) is 0. The molecule has 56 valence electrons. The molecule has 1 aromatic heterocycles. The summed E-state index contributed by atoms with van der Waals surface area (Å²) in [5, 5.41) is 8.97. The second-order valence-corrected chi connectivity index (χ2v) is 2.48. The molecule has 1 rings (SSSR count). The van der Waals surface area contributed by atoms with Gasteiger partial charge < -0.3 is 10.5 Å². The Hall–Kier alpha value is -0.970. The molecular formula is C5H9N3OS. The minimum Gasteiger partial charge on any atom is -0.374 e. The van der Waals surface area contributed by atoms with Crippen molar-refractivity contribution in [3.8, 4) is 0 Å². The Morgan fingerprint density at radius 2 is 2.20 bits per heavy atom. The molecule has 0 atom stereocenters. The molecule has 0 unspecified atom stereocenters. The normalized spacial score (nSPS) is 8.10. The van der Waals surface area contributed by atoms with Gasteiger partial charge in [-0.3, -0.25) is 0 Å². The number of hydrogen-bond acceptors (Lipinski definition) is 5. The van der Waals surface area contributed by atoms with Crippen LogP contribution in [0.25, 0.3) is 0 Å². The highest BCUT2D eigenvalue weighted by Crippen LogP contribution is 2.10. The average Bonchev–Trinajstić information content (AvgIpc) is 2.40. The number of aromatic nitrogens is 2. The van der Waals surface area contributed by atoms with Gasteiger partial charge in [0.2, 0.25) is 5.13 Å². The van der Waals surface area contributed by atoms with Crippen LogP contribution in [0, 0.1) is 0 Å². The van der Waals surface area contributed by atoms with E-state index in [1.54, 1.807) is 0 Å². The van der Waals surface area contributed by atoms with E-state index in [2.05, 4.69) is 10.2 Å². The lowest BCUT2D eigenvalue weighted by atomic mass is 10.5. The second kappa shape index (κ2) is 4.87. The molecule has 0 bridgehead atoms. The molecule has 0 saturated heterocycles. The van der Waals surface area contributed by atoms with Crippen molar-refractivity contribution in [3.05, 3.63) is 5.01 Å². The van der Waals surface area contributed by atoms with Crippen molar-refractivity contribution in [3.63, 3.8) is 0 Å². The summed E-state index contributed by atoms with van der Waals surface area (Å²) in [6.45, 7) is 4.03. The monoisotopic (exact) mass is 159 g/mol. The van der Waals surface area contributed by atoms with Gasteiger partial charge in [-0.15, -0.1) is 10.2 Å². The maximum Gasteiger partial charge on any atom is 0.203 e. The van der Waals surface area contributed by atoms with Crippen molar-refractivity contribution in [2.24, 2.45) is 0 Å². The number of carbonyl (C=O) groups is 1. The van der Waals surface area contributed by atoms with Crippen molar-refractivity contribution in [1.29, 1.82) is 0 Å². The molecule has 10 heavy (non-hydrogen) atoms. The van der Waals surface area contributed by atoms with Crippen molar-refractivity contribution < 1.29 is 4.79 Å². The Kier molecular flexibility index (Phi) is 4.39. The molecule has 0 spiro atoms. The Morgan fingerprint density at radius 3 is 2.40 bits per heavy atom. The van der Waals surface area contributed by atoms with Crippen LogP contribution in [0.15, 0.2) is 0 Å². The standard InChI is InChI=1S/C4H7N3S.CH2O/c1-2-3-6-7-4(5)8-3;1-2/h2H2,1H3,(H2,5,7);1H2. The number of hydrogen-bond donors (Lipinski definition) is 1. The van der Waals surface area contributed by atoms with Gasteiger partial charge in [0.05, 0.1) is 0 Å². The van der Waals surface area contributed by atoms with Gasteiger partial charge in [0.1, 0.15) is 11.8 Å². The summed E-state index contributed by atoms with van der Waals surface area (Å²) < 4.78 is 0. The summed E-state index contributed by atoms with van der Waals surface area (Å²) in [4.78, 5) is 8.00. The molecule has 0 aliphatic rings. The van der Waals surface area contributed by atoms with E-state index < -0.39 is 0 Å².